The molecule has 1 aromatic carbocycles. The standard InChI is InChI=1S/C23H26N4O3S2/c1-5-17-14(3)18-19(32-17)25-23(31-15(4)20(28)26-11-10-24-22(26)30)27(21(18)29)12-16-8-6-13(2)7-9-16/h6-9,15H,5,10-12H2,1-4H3,(H,24,30). The lowest BCUT2D eigenvalue weighted by Crippen LogP contribution is -2.39. The average Bonchev–Trinajstić information content (AvgIpc) is 3.34. The first-order valence-electron chi connectivity index (χ1n) is 10.6. The molecule has 4 rings (SSSR count). The molecule has 1 unspecified atom stereocenters. The van der Waals surface area contributed by atoms with Gasteiger partial charge in [-0.3, -0.25) is 19.1 Å². The van der Waals surface area contributed by atoms with Crippen molar-refractivity contribution in [2.45, 2.75) is 51.1 Å². The fourth-order valence-corrected chi connectivity index (χ4v) is 5.92. The number of imide groups is 1. The van der Waals surface area contributed by atoms with E-state index in [0.29, 0.717) is 35.0 Å². The van der Waals surface area contributed by atoms with Crippen LogP contribution in [0.5, 0.6) is 0 Å². The van der Waals surface area contributed by atoms with Crippen LogP contribution in [0.1, 0.15) is 35.4 Å². The number of hydrogen-bond acceptors (Lipinski definition) is 6. The molecular formula is C23H26N4O3S2. The predicted octanol–water partition coefficient (Wildman–Crippen LogP) is 3.72. The molecule has 1 aliphatic heterocycles. The van der Waals surface area contributed by atoms with Crippen LogP contribution in [0, 0.1) is 13.8 Å². The van der Waals surface area contributed by atoms with E-state index in [1.807, 2.05) is 38.1 Å². The van der Waals surface area contributed by atoms with Gasteiger partial charge in [0, 0.05) is 18.0 Å². The van der Waals surface area contributed by atoms with Crippen molar-refractivity contribution in [2.75, 3.05) is 13.1 Å². The summed E-state index contributed by atoms with van der Waals surface area (Å²) >= 11 is 2.76. The molecule has 1 atom stereocenters. The Morgan fingerprint density at radius 1 is 1.25 bits per heavy atom. The van der Waals surface area contributed by atoms with E-state index in [4.69, 9.17) is 4.98 Å². The Morgan fingerprint density at radius 3 is 2.59 bits per heavy atom. The number of hydrogen-bond donors (Lipinski definition) is 1. The van der Waals surface area contributed by atoms with Crippen molar-refractivity contribution >= 4 is 45.3 Å². The van der Waals surface area contributed by atoms with Gasteiger partial charge in [0.2, 0.25) is 5.91 Å². The van der Waals surface area contributed by atoms with Gasteiger partial charge in [0.15, 0.2) is 5.16 Å². The summed E-state index contributed by atoms with van der Waals surface area (Å²) in [6.45, 7) is 9.00. The zero-order chi connectivity index (χ0) is 23.0. The highest BCUT2D eigenvalue weighted by atomic mass is 32.2. The van der Waals surface area contributed by atoms with Crippen molar-refractivity contribution in [3.63, 3.8) is 0 Å². The number of aryl methyl sites for hydroxylation is 3. The summed E-state index contributed by atoms with van der Waals surface area (Å²) in [7, 11) is 0. The maximum Gasteiger partial charge on any atom is 0.324 e. The van der Waals surface area contributed by atoms with Gasteiger partial charge in [0.05, 0.1) is 17.2 Å². The molecule has 32 heavy (non-hydrogen) atoms. The summed E-state index contributed by atoms with van der Waals surface area (Å²) in [5.41, 5.74) is 3.03. The van der Waals surface area contributed by atoms with Gasteiger partial charge < -0.3 is 5.32 Å². The number of amides is 3. The lowest BCUT2D eigenvalue weighted by atomic mass is 10.1. The fraction of sp³-hybridized carbons (Fsp3) is 0.391. The smallest absolute Gasteiger partial charge is 0.324 e. The third kappa shape index (κ3) is 4.19. The number of carbonyl (C=O) groups excluding carboxylic acids is 2. The van der Waals surface area contributed by atoms with Gasteiger partial charge in [0.25, 0.3) is 5.56 Å². The van der Waals surface area contributed by atoms with Crippen LogP contribution in [-0.4, -0.2) is 44.7 Å². The predicted molar refractivity (Wildman–Crippen MR) is 129 cm³/mol. The van der Waals surface area contributed by atoms with Gasteiger partial charge in [-0.15, -0.1) is 11.3 Å². The van der Waals surface area contributed by atoms with E-state index in [-0.39, 0.29) is 17.5 Å². The van der Waals surface area contributed by atoms with Crippen LogP contribution in [0.15, 0.2) is 34.2 Å². The molecule has 0 radical (unpaired) electrons. The number of carbonyl (C=O) groups is 2. The minimum atomic E-state index is -0.556. The van der Waals surface area contributed by atoms with Crippen LogP contribution in [-0.2, 0) is 17.8 Å². The molecule has 3 heterocycles. The second kappa shape index (κ2) is 9.07. The number of nitrogens with one attached hydrogen (secondary N) is 1. The molecule has 2 aromatic heterocycles. The number of thioether (sulfide) groups is 1. The summed E-state index contributed by atoms with van der Waals surface area (Å²) in [6, 6.07) is 7.66. The van der Waals surface area contributed by atoms with E-state index in [1.165, 1.54) is 28.0 Å². The molecule has 9 heteroatoms. The van der Waals surface area contributed by atoms with Gasteiger partial charge in [-0.05, 0) is 38.3 Å². The molecule has 1 aliphatic rings. The molecule has 1 fully saturated rings. The third-order valence-corrected chi connectivity index (χ3v) is 8.06. The van der Waals surface area contributed by atoms with E-state index in [2.05, 4.69) is 12.2 Å². The van der Waals surface area contributed by atoms with E-state index < -0.39 is 5.25 Å². The highest BCUT2D eigenvalue weighted by molar-refractivity contribution is 8.00. The molecule has 7 nitrogen and oxygen atoms in total. The zero-order valence-corrected chi connectivity index (χ0v) is 20.2. The Morgan fingerprint density at radius 2 is 1.97 bits per heavy atom. The van der Waals surface area contributed by atoms with Crippen LogP contribution in [0.2, 0.25) is 0 Å². The Kier molecular flexibility index (Phi) is 6.39. The van der Waals surface area contributed by atoms with Gasteiger partial charge >= 0.3 is 6.03 Å². The van der Waals surface area contributed by atoms with Crippen molar-refractivity contribution in [3.05, 3.63) is 56.2 Å². The molecule has 0 aliphatic carbocycles. The van der Waals surface area contributed by atoms with E-state index in [0.717, 1.165) is 28.0 Å². The Labute approximate surface area is 194 Å². The van der Waals surface area contributed by atoms with Crippen LogP contribution >= 0.6 is 23.1 Å². The molecule has 0 spiro atoms. The van der Waals surface area contributed by atoms with Crippen molar-refractivity contribution in [1.29, 1.82) is 0 Å². The van der Waals surface area contributed by atoms with Crippen molar-refractivity contribution < 1.29 is 9.59 Å². The lowest BCUT2D eigenvalue weighted by Gasteiger charge is -2.19. The molecule has 0 saturated carbocycles. The number of nitrogens with zero attached hydrogens (tertiary/aromatic N) is 3. The van der Waals surface area contributed by atoms with Gasteiger partial charge in [0.1, 0.15) is 4.83 Å². The van der Waals surface area contributed by atoms with Crippen LogP contribution in [0.25, 0.3) is 10.2 Å². The number of benzene rings is 1. The maximum absolute atomic E-state index is 13.6. The molecule has 1 N–H and O–H groups in total. The summed E-state index contributed by atoms with van der Waals surface area (Å²) in [4.78, 5) is 46.3. The summed E-state index contributed by atoms with van der Waals surface area (Å²) < 4.78 is 1.66. The minimum absolute atomic E-state index is 0.0925. The van der Waals surface area contributed by atoms with Gasteiger partial charge in [-0.25, -0.2) is 9.78 Å². The summed E-state index contributed by atoms with van der Waals surface area (Å²) in [6.07, 6.45) is 0.839. The highest BCUT2D eigenvalue weighted by Gasteiger charge is 2.31. The van der Waals surface area contributed by atoms with Crippen molar-refractivity contribution in [2.24, 2.45) is 0 Å². The molecule has 0 bridgehead atoms. The first-order valence-corrected chi connectivity index (χ1v) is 12.3. The molecular weight excluding hydrogens is 444 g/mol. The van der Waals surface area contributed by atoms with Gasteiger partial charge in [-0.1, -0.05) is 48.5 Å². The number of aromatic nitrogens is 2. The highest BCUT2D eigenvalue weighted by Crippen LogP contribution is 2.31. The second-order valence-electron chi connectivity index (χ2n) is 7.94. The molecule has 3 amide bonds. The Bertz CT molecular complexity index is 1250. The number of rotatable bonds is 6. The molecule has 3 aromatic rings. The minimum Gasteiger partial charge on any atom is -0.336 e. The fourth-order valence-electron chi connectivity index (χ4n) is 3.80. The maximum atomic E-state index is 13.6. The van der Waals surface area contributed by atoms with E-state index in [1.54, 1.807) is 11.5 Å². The number of urea groups is 1. The topological polar surface area (TPSA) is 84.3 Å². The monoisotopic (exact) mass is 470 g/mol. The summed E-state index contributed by atoms with van der Waals surface area (Å²) in [5, 5.41) is 3.24. The van der Waals surface area contributed by atoms with Crippen molar-refractivity contribution in [3.8, 4) is 0 Å². The normalized spacial score (nSPS) is 14.8. The summed E-state index contributed by atoms with van der Waals surface area (Å²) in [5.74, 6) is -0.280. The quantitative estimate of drug-likeness (QED) is 0.439. The van der Waals surface area contributed by atoms with E-state index in [9.17, 15) is 14.4 Å². The zero-order valence-electron chi connectivity index (χ0n) is 18.6. The largest absolute Gasteiger partial charge is 0.336 e. The van der Waals surface area contributed by atoms with Crippen molar-refractivity contribution in [1.82, 2.24) is 19.8 Å². The van der Waals surface area contributed by atoms with Crippen LogP contribution < -0.4 is 10.9 Å². The second-order valence-corrected chi connectivity index (χ2v) is 10.3. The number of thiophene rings is 1. The van der Waals surface area contributed by atoms with Crippen LogP contribution in [0.4, 0.5) is 4.79 Å². The first kappa shape index (κ1) is 22.5. The lowest BCUT2D eigenvalue weighted by molar-refractivity contribution is -0.126. The van der Waals surface area contributed by atoms with Gasteiger partial charge in [-0.2, -0.15) is 0 Å². The molecule has 1 saturated heterocycles. The Balaban J connectivity index is 1.76. The SMILES string of the molecule is CCc1sc2nc(SC(C)C(=O)N3CCNC3=O)n(Cc3ccc(C)cc3)c(=O)c2c1C. The first-order chi connectivity index (χ1) is 15.3. The average molecular weight is 471 g/mol. The third-order valence-electron chi connectivity index (χ3n) is 5.65. The van der Waals surface area contributed by atoms with E-state index >= 15 is 0 Å². The molecule has 168 valence electrons. The number of fused-ring (bicyclic) bond motifs is 1. The Hall–Kier alpha value is -2.65. The van der Waals surface area contributed by atoms with Crippen LogP contribution in [0.3, 0.4) is 0 Å².